The van der Waals surface area contributed by atoms with E-state index in [2.05, 4.69) is 0 Å². The molecular formula is C13H14O3. The molecule has 0 aliphatic rings. The van der Waals surface area contributed by atoms with Gasteiger partial charge in [-0.25, -0.2) is 0 Å². The van der Waals surface area contributed by atoms with Gasteiger partial charge in [-0.2, -0.15) is 0 Å². The number of benzene rings is 2. The molecule has 0 radical (unpaired) electrons. The third-order valence-corrected chi connectivity index (χ3v) is 2.68. The van der Waals surface area contributed by atoms with Gasteiger partial charge in [-0.05, 0) is 29.0 Å². The van der Waals surface area contributed by atoms with Crippen LogP contribution in [0.15, 0.2) is 30.3 Å². The molecule has 0 saturated heterocycles. The second kappa shape index (κ2) is 4.41. The Morgan fingerprint density at radius 3 is 2.44 bits per heavy atom. The number of rotatable bonds is 3. The average Bonchev–Trinajstić information content (AvgIpc) is 2.36. The number of fused-ring (bicyclic) bond motifs is 1. The van der Waals surface area contributed by atoms with Crippen molar-refractivity contribution in [2.45, 2.75) is 6.61 Å². The molecule has 16 heavy (non-hydrogen) atoms. The van der Waals surface area contributed by atoms with Crippen LogP contribution in [-0.4, -0.2) is 19.3 Å². The summed E-state index contributed by atoms with van der Waals surface area (Å²) in [6, 6.07) is 9.60. The lowest BCUT2D eigenvalue weighted by Crippen LogP contribution is -1.94. The summed E-state index contributed by atoms with van der Waals surface area (Å²) < 4.78 is 10.4. The van der Waals surface area contributed by atoms with Crippen LogP contribution in [0, 0.1) is 0 Å². The molecule has 0 aromatic heterocycles. The largest absolute Gasteiger partial charge is 0.497 e. The predicted octanol–water partition coefficient (Wildman–Crippen LogP) is 2.35. The van der Waals surface area contributed by atoms with Crippen molar-refractivity contribution < 1.29 is 14.6 Å². The average molecular weight is 218 g/mol. The molecule has 2 aromatic rings. The molecule has 2 rings (SSSR count). The lowest BCUT2D eigenvalue weighted by atomic mass is 10.0. The first kappa shape index (κ1) is 10.8. The Bertz CT molecular complexity index is 500. The number of aliphatic hydroxyl groups is 1. The lowest BCUT2D eigenvalue weighted by Gasteiger charge is -2.10. The summed E-state index contributed by atoms with van der Waals surface area (Å²) >= 11 is 0. The van der Waals surface area contributed by atoms with Crippen molar-refractivity contribution in [2.75, 3.05) is 14.2 Å². The SMILES string of the molecule is COc1ccc2ccc(OC)c(CO)c2c1. The van der Waals surface area contributed by atoms with E-state index in [1.165, 1.54) is 0 Å². The van der Waals surface area contributed by atoms with Crippen LogP contribution in [0.4, 0.5) is 0 Å². The van der Waals surface area contributed by atoms with E-state index in [9.17, 15) is 5.11 Å². The van der Waals surface area contributed by atoms with E-state index in [1.54, 1.807) is 14.2 Å². The van der Waals surface area contributed by atoms with Crippen LogP contribution >= 0.6 is 0 Å². The highest BCUT2D eigenvalue weighted by Crippen LogP contribution is 2.30. The summed E-state index contributed by atoms with van der Waals surface area (Å²) in [4.78, 5) is 0. The van der Waals surface area contributed by atoms with Crippen molar-refractivity contribution in [2.24, 2.45) is 0 Å². The Kier molecular flexibility index (Phi) is 2.97. The van der Waals surface area contributed by atoms with Crippen LogP contribution in [0.5, 0.6) is 11.5 Å². The van der Waals surface area contributed by atoms with Crippen molar-refractivity contribution in [1.29, 1.82) is 0 Å². The first-order valence-electron chi connectivity index (χ1n) is 5.04. The van der Waals surface area contributed by atoms with Crippen molar-refractivity contribution in [1.82, 2.24) is 0 Å². The van der Waals surface area contributed by atoms with Crippen molar-refractivity contribution >= 4 is 10.8 Å². The van der Waals surface area contributed by atoms with Gasteiger partial charge in [0.1, 0.15) is 11.5 Å². The molecular weight excluding hydrogens is 204 g/mol. The fourth-order valence-electron chi connectivity index (χ4n) is 1.82. The highest BCUT2D eigenvalue weighted by molar-refractivity contribution is 5.88. The summed E-state index contributed by atoms with van der Waals surface area (Å²) in [6.45, 7) is -0.0479. The molecule has 1 N–H and O–H groups in total. The molecule has 2 aromatic carbocycles. The van der Waals surface area contributed by atoms with Crippen LogP contribution in [0.1, 0.15) is 5.56 Å². The molecule has 0 spiro atoms. The van der Waals surface area contributed by atoms with Gasteiger partial charge < -0.3 is 14.6 Å². The number of hydrogen-bond donors (Lipinski definition) is 1. The minimum absolute atomic E-state index is 0.0479. The van der Waals surface area contributed by atoms with E-state index in [0.29, 0.717) is 5.75 Å². The first-order chi connectivity index (χ1) is 7.80. The van der Waals surface area contributed by atoms with Gasteiger partial charge in [-0.1, -0.05) is 12.1 Å². The van der Waals surface area contributed by atoms with Gasteiger partial charge in [0, 0.05) is 5.56 Å². The molecule has 84 valence electrons. The van der Waals surface area contributed by atoms with Crippen LogP contribution < -0.4 is 9.47 Å². The van der Waals surface area contributed by atoms with E-state index in [-0.39, 0.29) is 6.61 Å². The zero-order valence-electron chi connectivity index (χ0n) is 9.36. The zero-order valence-corrected chi connectivity index (χ0v) is 9.36. The Morgan fingerprint density at radius 1 is 1.06 bits per heavy atom. The molecule has 3 nitrogen and oxygen atoms in total. The molecule has 3 heteroatoms. The molecule has 0 aliphatic carbocycles. The highest BCUT2D eigenvalue weighted by Gasteiger charge is 2.07. The van der Waals surface area contributed by atoms with E-state index in [0.717, 1.165) is 22.1 Å². The first-order valence-corrected chi connectivity index (χ1v) is 5.04. The maximum atomic E-state index is 9.39. The second-order valence-electron chi connectivity index (χ2n) is 3.49. The number of ether oxygens (including phenoxy) is 2. The summed E-state index contributed by atoms with van der Waals surface area (Å²) in [5, 5.41) is 11.4. The quantitative estimate of drug-likeness (QED) is 0.859. The fraction of sp³-hybridized carbons (Fsp3) is 0.231. The van der Waals surface area contributed by atoms with E-state index in [1.807, 2.05) is 30.3 Å². The van der Waals surface area contributed by atoms with Gasteiger partial charge in [0.25, 0.3) is 0 Å². The number of aliphatic hydroxyl groups excluding tert-OH is 1. The van der Waals surface area contributed by atoms with Gasteiger partial charge >= 0.3 is 0 Å². The minimum Gasteiger partial charge on any atom is -0.497 e. The maximum Gasteiger partial charge on any atom is 0.125 e. The Morgan fingerprint density at radius 2 is 1.81 bits per heavy atom. The normalized spacial score (nSPS) is 10.4. The molecule has 0 bridgehead atoms. The Hall–Kier alpha value is -1.74. The highest BCUT2D eigenvalue weighted by atomic mass is 16.5. The number of methoxy groups -OCH3 is 2. The smallest absolute Gasteiger partial charge is 0.125 e. The summed E-state index contributed by atoms with van der Waals surface area (Å²) in [5.41, 5.74) is 0.791. The number of hydrogen-bond acceptors (Lipinski definition) is 3. The summed E-state index contributed by atoms with van der Waals surface area (Å²) in [5.74, 6) is 1.47. The van der Waals surface area contributed by atoms with Crippen molar-refractivity contribution in [3.05, 3.63) is 35.9 Å². The molecule has 0 atom stereocenters. The summed E-state index contributed by atoms with van der Waals surface area (Å²) in [6.07, 6.45) is 0. The fourth-order valence-corrected chi connectivity index (χ4v) is 1.82. The van der Waals surface area contributed by atoms with E-state index in [4.69, 9.17) is 9.47 Å². The molecule has 0 fully saturated rings. The van der Waals surface area contributed by atoms with Crippen LogP contribution in [-0.2, 0) is 6.61 Å². The Balaban J connectivity index is 2.73. The molecule has 0 aliphatic heterocycles. The van der Waals surface area contributed by atoms with Crippen LogP contribution in [0.2, 0.25) is 0 Å². The predicted molar refractivity (Wildman–Crippen MR) is 63.0 cm³/mol. The van der Waals surface area contributed by atoms with Crippen LogP contribution in [0.25, 0.3) is 10.8 Å². The summed E-state index contributed by atoms with van der Waals surface area (Å²) in [7, 11) is 3.22. The topological polar surface area (TPSA) is 38.7 Å². The zero-order chi connectivity index (χ0) is 11.5. The van der Waals surface area contributed by atoms with Crippen LogP contribution in [0.3, 0.4) is 0 Å². The van der Waals surface area contributed by atoms with Gasteiger partial charge in [-0.15, -0.1) is 0 Å². The second-order valence-corrected chi connectivity index (χ2v) is 3.49. The Labute approximate surface area is 94.2 Å². The molecule has 0 saturated carbocycles. The monoisotopic (exact) mass is 218 g/mol. The standard InChI is InChI=1S/C13H14O3/c1-15-10-5-3-9-4-6-13(16-2)12(8-14)11(9)7-10/h3-7,14H,8H2,1-2H3. The van der Waals surface area contributed by atoms with Gasteiger partial charge in [0.05, 0.1) is 20.8 Å². The van der Waals surface area contributed by atoms with Gasteiger partial charge in [0.15, 0.2) is 0 Å². The minimum atomic E-state index is -0.0479. The van der Waals surface area contributed by atoms with Crippen molar-refractivity contribution in [3.63, 3.8) is 0 Å². The van der Waals surface area contributed by atoms with E-state index >= 15 is 0 Å². The molecule has 0 heterocycles. The van der Waals surface area contributed by atoms with Gasteiger partial charge in [-0.3, -0.25) is 0 Å². The van der Waals surface area contributed by atoms with Crippen molar-refractivity contribution in [3.8, 4) is 11.5 Å². The van der Waals surface area contributed by atoms with E-state index < -0.39 is 0 Å². The molecule has 0 amide bonds. The van der Waals surface area contributed by atoms with Gasteiger partial charge in [0.2, 0.25) is 0 Å². The third kappa shape index (κ3) is 1.70. The maximum absolute atomic E-state index is 9.39. The molecule has 0 unspecified atom stereocenters. The lowest BCUT2D eigenvalue weighted by molar-refractivity contribution is 0.275. The third-order valence-electron chi connectivity index (χ3n) is 2.68.